The van der Waals surface area contributed by atoms with E-state index in [1.54, 1.807) is 17.9 Å². The Morgan fingerprint density at radius 2 is 1.97 bits per heavy atom. The molecule has 0 bridgehead atoms. The lowest BCUT2D eigenvalue weighted by atomic mass is 9.97. The number of rotatable bonds is 6. The van der Waals surface area contributed by atoms with Gasteiger partial charge in [-0.15, -0.1) is 0 Å². The van der Waals surface area contributed by atoms with Gasteiger partial charge in [0, 0.05) is 31.4 Å². The van der Waals surface area contributed by atoms with Crippen LogP contribution in [0.1, 0.15) is 44.2 Å². The van der Waals surface area contributed by atoms with E-state index in [1.807, 2.05) is 45.0 Å². The van der Waals surface area contributed by atoms with Crippen molar-refractivity contribution in [2.24, 2.45) is 5.92 Å². The number of aryl methyl sites for hydroxylation is 2. The normalized spacial score (nSPS) is 20.5. The average molecular weight is 500 g/mol. The minimum atomic E-state index is -3.86. The molecule has 4 rings (SSSR count). The summed E-state index contributed by atoms with van der Waals surface area (Å²) in [4.78, 5) is 27.5. The van der Waals surface area contributed by atoms with Crippen molar-refractivity contribution in [3.63, 3.8) is 0 Å². The first kappa shape index (κ1) is 25.2. The van der Waals surface area contributed by atoms with Gasteiger partial charge in [0.05, 0.1) is 16.5 Å². The lowest BCUT2D eigenvalue weighted by Crippen LogP contribution is -2.47. The predicted molar refractivity (Wildman–Crippen MR) is 135 cm³/mol. The van der Waals surface area contributed by atoms with E-state index in [4.69, 9.17) is 4.74 Å². The van der Waals surface area contributed by atoms with Crippen molar-refractivity contribution in [1.82, 2.24) is 4.31 Å². The second-order valence-corrected chi connectivity index (χ2v) is 11.1. The highest BCUT2D eigenvalue weighted by molar-refractivity contribution is 7.89. The van der Waals surface area contributed by atoms with Gasteiger partial charge in [0.25, 0.3) is 5.91 Å². The van der Waals surface area contributed by atoms with Gasteiger partial charge in [-0.1, -0.05) is 19.1 Å². The molecule has 2 atom stereocenters. The number of ether oxygens (including phenoxy) is 1. The number of anilines is 2. The van der Waals surface area contributed by atoms with Crippen LogP contribution in [0, 0.1) is 19.8 Å². The van der Waals surface area contributed by atoms with Crippen LogP contribution in [-0.4, -0.2) is 50.3 Å². The zero-order chi connectivity index (χ0) is 25.3. The number of amides is 2. The average Bonchev–Trinajstić information content (AvgIpc) is 2.83. The fourth-order valence-electron chi connectivity index (χ4n) is 4.81. The molecule has 9 heteroatoms. The Bertz CT molecular complexity index is 1240. The SMILES string of the molecule is CCC1Oc2cc(S(=O)(=O)N3CCCC(C(=O)N(CC)c4cccc(C)c4)C3)c(C)cc2NC1=O. The van der Waals surface area contributed by atoms with Crippen LogP contribution in [0.15, 0.2) is 41.3 Å². The lowest BCUT2D eigenvalue weighted by Gasteiger charge is -2.34. The molecule has 2 unspecified atom stereocenters. The summed E-state index contributed by atoms with van der Waals surface area (Å²) in [5.41, 5.74) is 2.88. The van der Waals surface area contributed by atoms with E-state index in [1.165, 1.54) is 10.4 Å². The van der Waals surface area contributed by atoms with Gasteiger partial charge in [0.15, 0.2) is 6.10 Å². The van der Waals surface area contributed by atoms with Crippen LogP contribution in [0.25, 0.3) is 0 Å². The van der Waals surface area contributed by atoms with E-state index in [0.29, 0.717) is 49.4 Å². The van der Waals surface area contributed by atoms with Crippen LogP contribution in [-0.2, 0) is 19.6 Å². The molecule has 2 heterocycles. The minimum Gasteiger partial charge on any atom is -0.478 e. The van der Waals surface area contributed by atoms with Gasteiger partial charge in [-0.2, -0.15) is 4.31 Å². The summed E-state index contributed by atoms with van der Waals surface area (Å²) in [5, 5.41) is 2.80. The molecular weight excluding hydrogens is 466 g/mol. The third kappa shape index (κ3) is 4.92. The molecule has 0 saturated carbocycles. The molecule has 0 aromatic heterocycles. The molecule has 0 spiro atoms. The maximum Gasteiger partial charge on any atom is 0.265 e. The Morgan fingerprint density at radius 3 is 2.66 bits per heavy atom. The summed E-state index contributed by atoms with van der Waals surface area (Å²) in [6.07, 6.45) is 1.07. The van der Waals surface area contributed by atoms with Crippen molar-refractivity contribution < 1.29 is 22.7 Å². The van der Waals surface area contributed by atoms with Gasteiger partial charge >= 0.3 is 0 Å². The molecule has 8 nitrogen and oxygen atoms in total. The molecule has 2 amide bonds. The van der Waals surface area contributed by atoms with Crippen LogP contribution in [0.3, 0.4) is 0 Å². The first-order valence-electron chi connectivity index (χ1n) is 12.2. The largest absolute Gasteiger partial charge is 0.478 e. The number of hydrogen-bond acceptors (Lipinski definition) is 5. The Hall–Kier alpha value is -2.91. The highest BCUT2D eigenvalue weighted by Gasteiger charge is 2.37. The van der Waals surface area contributed by atoms with Crippen LogP contribution >= 0.6 is 0 Å². The van der Waals surface area contributed by atoms with Crippen LogP contribution in [0.5, 0.6) is 5.75 Å². The van der Waals surface area contributed by atoms with Crippen LogP contribution in [0.2, 0.25) is 0 Å². The first-order valence-corrected chi connectivity index (χ1v) is 13.6. The highest BCUT2D eigenvalue weighted by Crippen LogP contribution is 2.37. The number of nitrogens with one attached hydrogen (secondary N) is 1. The number of piperidine rings is 1. The van der Waals surface area contributed by atoms with E-state index in [2.05, 4.69) is 5.32 Å². The maximum absolute atomic E-state index is 13.7. The molecule has 2 aromatic rings. The third-order valence-electron chi connectivity index (χ3n) is 6.71. The van der Waals surface area contributed by atoms with Gasteiger partial charge < -0.3 is 15.0 Å². The predicted octanol–water partition coefficient (Wildman–Crippen LogP) is 3.87. The van der Waals surface area contributed by atoms with Gasteiger partial charge in [-0.05, 0) is 69.4 Å². The van der Waals surface area contributed by atoms with E-state index in [-0.39, 0.29) is 23.3 Å². The van der Waals surface area contributed by atoms with Gasteiger partial charge in [0.2, 0.25) is 15.9 Å². The number of benzene rings is 2. The number of carbonyl (C=O) groups excluding carboxylic acids is 2. The summed E-state index contributed by atoms with van der Waals surface area (Å²) in [6.45, 7) is 8.45. The molecular formula is C26H33N3O5S. The zero-order valence-electron chi connectivity index (χ0n) is 20.7. The Balaban J connectivity index is 1.58. The van der Waals surface area contributed by atoms with Crippen molar-refractivity contribution in [3.05, 3.63) is 47.5 Å². The summed E-state index contributed by atoms with van der Waals surface area (Å²) in [5.74, 6) is -0.364. The first-order chi connectivity index (χ1) is 16.6. The smallest absolute Gasteiger partial charge is 0.265 e. The fraction of sp³-hybridized carbons (Fsp3) is 0.462. The second-order valence-electron chi connectivity index (χ2n) is 9.24. The standard InChI is InChI=1S/C26H33N3O5S/c1-5-22-25(30)27-21-14-18(4)24(15-23(21)34-22)35(32,33)28-12-8-10-19(16-28)26(31)29(6-2)20-11-7-9-17(3)13-20/h7,9,11,13-15,19,22H,5-6,8,10,12,16H2,1-4H3,(H,27,30). The molecule has 1 saturated heterocycles. The van der Waals surface area contributed by atoms with Crippen molar-refractivity contribution in [2.45, 2.75) is 58.0 Å². The topological polar surface area (TPSA) is 96.0 Å². The van der Waals surface area contributed by atoms with Gasteiger partial charge in [-0.3, -0.25) is 9.59 Å². The molecule has 0 aliphatic carbocycles. The number of nitrogens with zero attached hydrogens (tertiary/aromatic N) is 2. The molecule has 1 fully saturated rings. The molecule has 0 radical (unpaired) electrons. The second kappa shape index (κ2) is 9.99. The number of carbonyl (C=O) groups is 2. The van der Waals surface area contributed by atoms with Crippen molar-refractivity contribution in [2.75, 3.05) is 29.9 Å². The molecule has 35 heavy (non-hydrogen) atoms. The summed E-state index contributed by atoms with van der Waals surface area (Å²) < 4.78 is 34.6. The van der Waals surface area contributed by atoms with E-state index in [9.17, 15) is 18.0 Å². The van der Waals surface area contributed by atoms with Crippen molar-refractivity contribution >= 4 is 33.2 Å². The Morgan fingerprint density at radius 1 is 1.20 bits per heavy atom. The monoisotopic (exact) mass is 499 g/mol. The Kier molecular flexibility index (Phi) is 7.19. The van der Waals surface area contributed by atoms with Crippen LogP contribution < -0.4 is 15.0 Å². The third-order valence-corrected chi connectivity index (χ3v) is 8.72. The molecule has 1 N–H and O–H groups in total. The molecule has 2 aliphatic rings. The fourth-order valence-corrected chi connectivity index (χ4v) is 6.56. The van der Waals surface area contributed by atoms with E-state index >= 15 is 0 Å². The minimum absolute atomic E-state index is 0.0583. The highest BCUT2D eigenvalue weighted by atomic mass is 32.2. The summed E-state index contributed by atoms with van der Waals surface area (Å²) >= 11 is 0. The summed E-state index contributed by atoms with van der Waals surface area (Å²) in [6, 6.07) is 10.9. The Labute approximate surface area is 207 Å². The van der Waals surface area contributed by atoms with Crippen molar-refractivity contribution in [3.8, 4) is 5.75 Å². The van der Waals surface area contributed by atoms with Gasteiger partial charge in [0.1, 0.15) is 5.75 Å². The molecule has 2 aliphatic heterocycles. The van der Waals surface area contributed by atoms with E-state index < -0.39 is 22.0 Å². The molecule has 2 aromatic carbocycles. The summed E-state index contributed by atoms with van der Waals surface area (Å²) in [7, 11) is -3.86. The van der Waals surface area contributed by atoms with E-state index in [0.717, 1.165) is 11.3 Å². The molecule has 188 valence electrons. The number of hydrogen-bond donors (Lipinski definition) is 1. The number of sulfonamides is 1. The van der Waals surface area contributed by atoms with Gasteiger partial charge in [-0.25, -0.2) is 8.42 Å². The number of fused-ring (bicyclic) bond motifs is 1. The quantitative estimate of drug-likeness (QED) is 0.651. The van der Waals surface area contributed by atoms with Crippen LogP contribution in [0.4, 0.5) is 11.4 Å². The maximum atomic E-state index is 13.7. The van der Waals surface area contributed by atoms with Crippen molar-refractivity contribution in [1.29, 1.82) is 0 Å². The zero-order valence-corrected chi connectivity index (χ0v) is 21.5. The lowest BCUT2D eigenvalue weighted by molar-refractivity contribution is -0.124.